The lowest BCUT2D eigenvalue weighted by Gasteiger charge is -2.28. The third-order valence-corrected chi connectivity index (χ3v) is 9.57. The molecular formula is C19H24OSSi. The molecule has 2 rings (SSSR count). The lowest BCUT2D eigenvalue weighted by atomic mass is 10.1. The maximum absolute atomic E-state index is 12.6. The maximum atomic E-state index is 12.6. The summed E-state index contributed by atoms with van der Waals surface area (Å²) in [6, 6.07) is 18.1. The Bertz CT molecular complexity index is 631. The molecule has 0 aliphatic heterocycles. The molecule has 22 heavy (non-hydrogen) atoms. The number of thioether (sulfide) groups is 1. The lowest BCUT2D eigenvalue weighted by Crippen LogP contribution is -2.37. The second-order valence-corrected chi connectivity index (χ2v) is 13.8. The number of carbonyl (C=O) groups excluding carboxylic acids is 1. The van der Waals surface area contributed by atoms with E-state index in [1.807, 2.05) is 42.1 Å². The molecule has 1 nitrogen and oxygen atoms in total. The Hall–Kier alpha value is -1.32. The molecule has 0 N–H and O–H groups in total. The summed E-state index contributed by atoms with van der Waals surface area (Å²) < 4.78 is 0. The summed E-state index contributed by atoms with van der Waals surface area (Å²) in [5, 5.41) is 0. The molecule has 3 heteroatoms. The van der Waals surface area contributed by atoms with E-state index in [1.165, 1.54) is 10.5 Å². The highest BCUT2D eigenvalue weighted by Gasteiger charge is 2.30. The molecule has 0 spiro atoms. The van der Waals surface area contributed by atoms with Crippen LogP contribution in [0.3, 0.4) is 0 Å². The summed E-state index contributed by atoms with van der Waals surface area (Å²) in [5.74, 6) is 0.258. The fraction of sp³-hybridized carbons (Fsp3) is 0.316. The van der Waals surface area contributed by atoms with Crippen LogP contribution >= 0.6 is 11.8 Å². The van der Waals surface area contributed by atoms with Crippen molar-refractivity contribution in [2.45, 2.75) is 42.8 Å². The van der Waals surface area contributed by atoms with Gasteiger partial charge in [0.15, 0.2) is 5.78 Å². The predicted octanol–water partition coefficient (Wildman–Crippen LogP) is 5.61. The number of benzene rings is 2. The normalized spacial score (nSPS) is 12.9. The van der Waals surface area contributed by atoms with Gasteiger partial charge in [-0.1, -0.05) is 68.2 Å². The van der Waals surface area contributed by atoms with Gasteiger partial charge in [-0.2, -0.15) is 0 Å². The van der Waals surface area contributed by atoms with Crippen molar-refractivity contribution in [1.82, 2.24) is 0 Å². The molecule has 0 bridgehead atoms. The molecule has 0 fully saturated rings. The lowest BCUT2D eigenvalue weighted by molar-refractivity contribution is 0.0986. The molecule has 2 aromatic rings. The number of carbonyl (C=O) groups is 1. The quantitative estimate of drug-likeness (QED) is 0.390. The number of rotatable bonds is 6. The van der Waals surface area contributed by atoms with Crippen LogP contribution in [-0.4, -0.2) is 18.7 Å². The van der Waals surface area contributed by atoms with Gasteiger partial charge in [0.25, 0.3) is 0 Å². The first kappa shape index (κ1) is 17.0. The highest BCUT2D eigenvalue weighted by atomic mass is 32.2. The molecule has 0 aromatic heterocycles. The fourth-order valence-electron chi connectivity index (χ4n) is 2.28. The molecule has 2 aromatic carbocycles. The van der Waals surface area contributed by atoms with Crippen molar-refractivity contribution in [3.8, 4) is 0 Å². The van der Waals surface area contributed by atoms with Crippen LogP contribution < -0.4 is 0 Å². The Morgan fingerprint density at radius 3 is 2.18 bits per heavy atom. The van der Waals surface area contributed by atoms with E-state index in [9.17, 15) is 4.79 Å². The number of hydrogen-bond acceptors (Lipinski definition) is 2. The largest absolute Gasteiger partial charge is 0.294 e. The summed E-state index contributed by atoms with van der Waals surface area (Å²) in [6.45, 7) is 9.19. The first-order valence-corrected chi connectivity index (χ1v) is 12.1. The molecular weight excluding hydrogens is 304 g/mol. The van der Waals surface area contributed by atoms with Crippen molar-refractivity contribution in [3.05, 3.63) is 65.7 Å². The minimum atomic E-state index is -1.45. The first-order chi connectivity index (χ1) is 10.4. The van der Waals surface area contributed by atoms with Crippen molar-refractivity contribution < 1.29 is 4.79 Å². The Kier molecular flexibility index (Phi) is 5.65. The number of ketones is 1. The van der Waals surface area contributed by atoms with Crippen LogP contribution in [0.2, 0.25) is 19.6 Å². The van der Waals surface area contributed by atoms with Crippen LogP contribution in [-0.2, 0) is 0 Å². The molecule has 1 atom stereocenters. The number of hydrogen-bond donors (Lipinski definition) is 0. The van der Waals surface area contributed by atoms with E-state index in [0.29, 0.717) is 11.3 Å². The summed E-state index contributed by atoms with van der Waals surface area (Å²) in [7, 11) is -1.45. The molecule has 116 valence electrons. The van der Waals surface area contributed by atoms with Gasteiger partial charge in [0.1, 0.15) is 0 Å². The zero-order chi connectivity index (χ0) is 16.2. The molecule has 1 unspecified atom stereocenters. The van der Waals surface area contributed by atoms with E-state index >= 15 is 0 Å². The van der Waals surface area contributed by atoms with Gasteiger partial charge in [-0.15, -0.1) is 11.8 Å². The van der Waals surface area contributed by atoms with Crippen LogP contribution in [0.1, 0.15) is 22.3 Å². The Labute approximate surface area is 139 Å². The van der Waals surface area contributed by atoms with E-state index in [-0.39, 0.29) is 5.78 Å². The van der Waals surface area contributed by atoms with E-state index in [4.69, 9.17) is 0 Å². The minimum Gasteiger partial charge on any atom is -0.294 e. The second-order valence-electron chi connectivity index (χ2n) is 6.73. The standard InChI is InChI=1S/C19H24OSSi/c1-15-10-8-9-13-18(15)21-19(22(2,3)4)14-17(20)16-11-6-5-7-12-16/h5-13,19H,14H2,1-4H3. The Morgan fingerprint density at radius 1 is 1.00 bits per heavy atom. The second kappa shape index (κ2) is 7.29. The van der Waals surface area contributed by atoms with E-state index in [2.05, 4.69) is 50.8 Å². The predicted molar refractivity (Wildman–Crippen MR) is 99.6 cm³/mol. The highest BCUT2D eigenvalue weighted by molar-refractivity contribution is 8.01. The van der Waals surface area contributed by atoms with Gasteiger partial charge in [0.2, 0.25) is 0 Å². The smallest absolute Gasteiger partial charge is 0.163 e. The maximum Gasteiger partial charge on any atom is 0.163 e. The summed E-state index contributed by atoms with van der Waals surface area (Å²) in [6.07, 6.45) is 0.624. The molecule has 0 amide bonds. The highest BCUT2D eigenvalue weighted by Crippen LogP contribution is 2.34. The van der Waals surface area contributed by atoms with E-state index < -0.39 is 8.07 Å². The van der Waals surface area contributed by atoms with Crippen molar-refractivity contribution in [2.24, 2.45) is 0 Å². The van der Waals surface area contributed by atoms with Crippen molar-refractivity contribution in [1.29, 1.82) is 0 Å². The fourth-order valence-corrected chi connectivity index (χ4v) is 5.82. The molecule has 0 saturated carbocycles. The van der Waals surface area contributed by atoms with E-state index in [0.717, 1.165) is 5.56 Å². The number of Topliss-reactive ketones (excluding diaryl/α,β-unsaturated/α-hetero) is 1. The number of aryl methyl sites for hydroxylation is 1. The van der Waals surface area contributed by atoms with Gasteiger partial charge < -0.3 is 0 Å². The van der Waals surface area contributed by atoms with Crippen LogP contribution in [0.5, 0.6) is 0 Å². The summed E-state index contributed by atoms with van der Waals surface area (Å²) in [5.41, 5.74) is 2.12. The third kappa shape index (κ3) is 4.59. The Balaban J connectivity index is 2.18. The first-order valence-electron chi connectivity index (χ1n) is 7.68. The van der Waals surface area contributed by atoms with Gasteiger partial charge in [0, 0.05) is 21.8 Å². The summed E-state index contributed by atoms with van der Waals surface area (Å²) >= 11 is 1.89. The van der Waals surface area contributed by atoms with Crippen molar-refractivity contribution >= 4 is 25.6 Å². The average Bonchev–Trinajstić information content (AvgIpc) is 2.48. The monoisotopic (exact) mass is 328 g/mol. The average molecular weight is 329 g/mol. The molecule has 0 heterocycles. The van der Waals surface area contributed by atoms with Crippen molar-refractivity contribution in [3.63, 3.8) is 0 Å². The van der Waals surface area contributed by atoms with Gasteiger partial charge in [-0.25, -0.2) is 0 Å². The van der Waals surface area contributed by atoms with Gasteiger partial charge >= 0.3 is 0 Å². The zero-order valence-electron chi connectivity index (χ0n) is 13.8. The topological polar surface area (TPSA) is 17.1 Å². The van der Waals surface area contributed by atoms with Crippen LogP contribution in [0.4, 0.5) is 0 Å². The van der Waals surface area contributed by atoms with Gasteiger partial charge in [0.05, 0.1) is 8.07 Å². The van der Waals surface area contributed by atoms with Crippen LogP contribution in [0.15, 0.2) is 59.5 Å². The third-order valence-electron chi connectivity index (χ3n) is 3.80. The Morgan fingerprint density at radius 2 is 1.59 bits per heavy atom. The van der Waals surface area contributed by atoms with Crippen LogP contribution in [0.25, 0.3) is 0 Å². The van der Waals surface area contributed by atoms with Gasteiger partial charge in [-0.05, 0) is 18.6 Å². The van der Waals surface area contributed by atoms with Crippen molar-refractivity contribution in [2.75, 3.05) is 0 Å². The molecule has 0 aliphatic carbocycles. The van der Waals surface area contributed by atoms with E-state index in [1.54, 1.807) is 0 Å². The SMILES string of the molecule is Cc1ccccc1SC(CC(=O)c1ccccc1)[Si](C)(C)C. The molecule has 0 aliphatic rings. The minimum absolute atomic E-state index is 0.258. The van der Waals surface area contributed by atoms with Crippen LogP contribution in [0, 0.1) is 6.92 Å². The molecule has 0 saturated heterocycles. The van der Waals surface area contributed by atoms with Gasteiger partial charge in [-0.3, -0.25) is 4.79 Å². The molecule has 0 radical (unpaired) electrons. The summed E-state index contributed by atoms with van der Waals surface area (Å²) in [4.78, 5) is 14.3. The zero-order valence-corrected chi connectivity index (χ0v) is 15.6.